The van der Waals surface area contributed by atoms with E-state index >= 15 is 0 Å². The highest BCUT2D eigenvalue weighted by atomic mass is 31.2. The minimum absolute atomic E-state index is 0.315. The number of aryl methyl sites for hydroxylation is 1. The number of fused-ring (bicyclic) bond motifs is 1. The van der Waals surface area contributed by atoms with Crippen molar-refractivity contribution in [1.29, 1.82) is 0 Å². The van der Waals surface area contributed by atoms with E-state index in [4.69, 9.17) is 14.5 Å². The Labute approximate surface area is 181 Å². The molecule has 4 rings (SSSR count). The van der Waals surface area contributed by atoms with E-state index in [0.717, 1.165) is 25.9 Å². The van der Waals surface area contributed by atoms with Crippen LogP contribution in [0.15, 0.2) is 6.33 Å². The molecule has 2 aliphatic heterocycles. The molecule has 2 aromatic rings. The Kier molecular flexibility index (Phi) is 6.43. The Morgan fingerprint density at radius 3 is 2.59 bits per heavy atom. The molecule has 32 heavy (non-hydrogen) atoms. The predicted octanol–water partition coefficient (Wildman–Crippen LogP) is 0.669. The minimum Gasteiger partial charge on any atom is -0.387 e. The van der Waals surface area contributed by atoms with Crippen molar-refractivity contribution in [3.05, 3.63) is 12.2 Å². The van der Waals surface area contributed by atoms with E-state index < -0.39 is 52.3 Å². The third-order valence-corrected chi connectivity index (χ3v) is 8.75. The summed E-state index contributed by atoms with van der Waals surface area (Å²) in [5, 5.41) is 10.2. The van der Waals surface area contributed by atoms with Gasteiger partial charge in [-0.15, -0.1) is 0 Å². The molecule has 4 N–H and O–H groups in total. The average Bonchev–Trinajstić information content (AvgIpc) is 3.39. The van der Waals surface area contributed by atoms with E-state index in [1.54, 1.807) is 6.92 Å². The highest BCUT2D eigenvalue weighted by Crippen LogP contribution is 2.55. The maximum Gasteiger partial charge on any atom is 0.340 e. The lowest BCUT2D eigenvalue weighted by Gasteiger charge is -2.19. The average molecular weight is 495 g/mol. The normalized spacial score (nSPS) is 28.5. The number of anilines is 1. The topological polar surface area (TPSA) is 180 Å². The molecule has 1 unspecified atom stereocenters. The van der Waals surface area contributed by atoms with E-state index in [-0.39, 0.29) is 0 Å². The molecule has 0 amide bonds. The number of aliphatic hydroxyl groups is 1. The molecule has 5 atom stereocenters. The summed E-state index contributed by atoms with van der Waals surface area (Å²) in [6.07, 6.45) is -2.98. The summed E-state index contributed by atoms with van der Waals surface area (Å²) in [6.45, 7) is 2.59. The summed E-state index contributed by atoms with van der Waals surface area (Å²) in [4.78, 5) is 42.5. The number of aliphatic hydroxyl groups excluding tert-OH is 1. The molecule has 0 aliphatic carbocycles. The number of aromatic nitrogens is 4. The predicted molar refractivity (Wildman–Crippen MR) is 109 cm³/mol. The van der Waals surface area contributed by atoms with Crippen LogP contribution in [0.3, 0.4) is 0 Å². The van der Waals surface area contributed by atoms with Gasteiger partial charge in [0.15, 0.2) is 35.3 Å². The van der Waals surface area contributed by atoms with Gasteiger partial charge < -0.3 is 33.9 Å². The molecule has 0 bridgehead atoms. The molecule has 0 radical (unpaired) electrons. The summed E-state index contributed by atoms with van der Waals surface area (Å²) in [6, 6.07) is 0. The Hall–Kier alpha value is -1.50. The Morgan fingerprint density at radius 1 is 1.25 bits per heavy atom. The summed E-state index contributed by atoms with van der Waals surface area (Å²) in [5.41, 5.74) is 0.777. The SMILES string of the molecule is Cc1nc(N2CCCC2)c2ncn([C@@H]3O[C@H](COP(=O)(O)CP(=O)(O)O)[C@@H](O)[C@@H]3F)c2n1. The van der Waals surface area contributed by atoms with E-state index in [1.165, 1.54) is 10.9 Å². The fourth-order valence-electron chi connectivity index (χ4n) is 3.87. The molecule has 178 valence electrons. The molecule has 2 fully saturated rings. The van der Waals surface area contributed by atoms with Gasteiger partial charge in [-0.25, -0.2) is 19.3 Å². The van der Waals surface area contributed by atoms with Crippen LogP contribution in [-0.2, 0) is 18.4 Å². The number of nitrogens with zero attached hydrogens (tertiary/aromatic N) is 5. The zero-order chi connectivity index (χ0) is 23.3. The lowest BCUT2D eigenvalue weighted by molar-refractivity contribution is -0.0425. The second kappa shape index (κ2) is 8.69. The molecular formula is C16H24FN5O8P2. The van der Waals surface area contributed by atoms with Gasteiger partial charge in [0.05, 0.1) is 12.9 Å². The number of hydrogen-bond acceptors (Lipinski definition) is 9. The third-order valence-electron chi connectivity index (χ3n) is 5.29. The highest BCUT2D eigenvalue weighted by molar-refractivity contribution is 7.70. The molecule has 2 aliphatic rings. The summed E-state index contributed by atoms with van der Waals surface area (Å²) in [7, 11) is -9.50. The van der Waals surface area contributed by atoms with Gasteiger partial charge in [-0.2, -0.15) is 0 Å². The van der Waals surface area contributed by atoms with Gasteiger partial charge >= 0.3 is 15.2 Å². The van der Waals surface area contributed by atoms with Crippen LogP contribution in [0.1, 0.15) is 24.9 Å². The second-order valence-corrected chi connectivity index (χ2v) is 11.8. The zero-order valence-electron chi connectivity index (χ0n) is 17.1. The van der Waals surface area contributed by atoms with Crippen LogP contribution in [0.4, 0.5) is 10.2 Å². The number of alkyl halides is 1. The number of imidazole rings is 1. The Bertz CT molecular complexity index is 1090. The van der Waals surface area contributed by atoms with Crippen LogP contribution < -0.4 is 4.90 Å². The first-order chi connectivity index (χ1) is 15.0. The van der Waals surface area contributed by atoms with Crippen molar-refractivity contribution in [3.8, 4) is 0 Å². The molecule has 0 saturated carbocycles. The first-order valence-corrected chi connectivity index (χ1v) is 13.5. The van der Waals surface area contributed by atoms with Gasteiger partial charge in [-0.05, 0) is 19.8 Å². The van der Waals surface area contributed by atoms with Crippen molar-refractivity contribution >= 4 is 32.2 Å². The molecule has 4 heterocycles. The van der Waals surface area contributed by atoms with Gasteiger partial charge in [-0.3, -0.25) is 13.7 Å². The number of ether oxygens (including phenoxy) is 1. The maximum absolute atomic E-state index is 14.9. The lowest BCUT2D eigenvalue weighted by atomic mass is 10.1. The van der Waals surface area contributed by atoms with E-state index in [0.29, 0.717) is 22.8 Å². The van der Waals surface area contributed by atoms with Crippen LogP contribution in [-0.4, -0.2) is 83.3 Å². The van der Waals surface area contributed by atoms with Gasteiger partial charge in [0.25, 0.3) is 0 Å². The van der Waals surface area contributed by atoms with Crippen LogP contribution in [0.5, 0.6) is 0 Å². The molecule has 0 spiro atoms. The van der Waals surface area contributed by atoms with Crippen molar-refractivity contribution in [1.82, 2.24) is 19.5 Å². The monoisotopic (exact) mass is 495 g/mol. The number of halogens is 1. The van der Waals surface area contributed by atoms with Crippen LogP contribution in [0.2, 0.25) is 0 Å². The van der Waals surface area contributed by atoms with E-state index in [9.17, 15) is 23.5 Å². The van der Waals surface area contributed by atoms with Gasteiger partial charge in [-0.1, -0.05) is 0 Å². The molecule has 16 heteroatoms. The van der Waals surface area contributed by atoms with Crippen molar-refractivity contribution in [2.75, 3.05) is 30.5 Å². The van der Waals surface area contributed by atoms with E-state index in [1.807, 2.05) is 0 Å². The van der Waals surface area contributed by atoms with Gasteiger partial charge in [0.1, 0.15) is 18.0 Å². The molecule has 0 aromatic carbocycles. The van der Waals surface area contributed by atoms with Gasteiger partial charge in [0.2, 0.25) is 0 Å². The number of rotatable bonds is 7. The van der Waals surface area contributed by atoms with Crippen LogP contribution in [0.25, 0.3) is 11.2 Å². The fourth-order valence-corrected chi connectivity index (χ4v) is 6.44. The fraction of sp³-hybridized carbons (Fsp3) is 0.688. The Morgan fingerprint density at radius 2 is 1.94 bits per heavy atom. The Balaban J connectivity index is 1.55. The third kappa shape index (κ3) is 4.87. The number of hydrogen-bond donors (Lipinski definition) is 4. The molecule has 2 aromatic heterocycles. The summed E-state index contributed by atoms with van der Waals surface area (Å²) in [5.74, 6) is -0.308. The van der Waals surface area contributed by atoms with Crippen LogP contribution >= 0.6 is 15.2 Å². The molecular weight excluding hydrogens is 471 g/mol. The van der Waals surface area contributed by atoms with Crippen molar-refractivity contribution in [2.45, 2.75) is 44.4 Å². The standard InChI is InChI=1S/C16H24FN5O8P2/c1-9-19-14(21-4-2-3-5-21)12-15(20-9)22(7-18-12)16-11(17)13(23)10(30-16)6-29-32(27,28)8-31(24,25)26/h7,10-11,13,16,23H,2-6,8H2,1H3,(H,27,28)(H2,24,25,26)/t10-,11+,13-,16-/m1/s1. The quantitative estimate of drug-likeness (QED) is 0.395. The van der Waals surface area contributed by atoms with Gasteiger partial charge in [0, 0.05) is 13.1 Å². The van der Waals surface area contributed by atoms with E-state index in [2.05, 4.69) is 24.4 Å². The van der Waals surface area contributed by atoms with Crippen LogP contribution in [0, 0.1) is 6.92 Å². The maximum atomic E-state index is 14.9. The summed E-state index contributed by atoms with van der Waals surface area (Å²) >= 11 is 0. The first kappa shape index (κ1) is 23.7. The zero-order valence-corrected chi connectivity index (χ0v) is 18.8. The van der Waals surface area contributed by atoms with Crippen molar-refractivity contribution in [3.63, 3.8) is 0 Å². The smallest absolute Gasteiger partial charge is 0.340 e. The van der Waals surface area contributed by atoms with Crippen molar-refractivity contribution < 1.29 is 42.6 Å². The summed E-state index contributed by atoms with van der Waals surface area (Å²) < 4.78 is 49.3. The largest absolute Gasteiger partial charge is 0.387 e. The second-order valence-electron chi connectivity index (χ2n) is 7.85. The highest BCUT2D eigenvalue weighted by Gasteiger charge is 2.47. The first-order valence-electron chi connectivity index (χ1n) is 9.90. The molecule has 13 nitrogen and oxygen atoms in total. The van der Waals surface area contributed by atoms with Crippen molar-refractivity contribution in [2.24, 2.45) is 0 Å². The lowest BCUT2D eigenvalue weighted by Crippen LogP contribution is -2.31. The molecule has 2 saturated heterocycles. The minimum atomic E-state index is -4.82.